The molecule has 94 valence electrons. The van der Waals surface area contributed by atoms with Gasteiger partial charge in [-0.25, -0.2) is 0 Å². The molecule has 0 spiro atoms. The zero-order chi connectivity index (χ0) is 12.9. The van der Waals surface area contributed by atoms with Gasteiger partial charge in [-0.3, -0.25) is 14.5 Å². The number of rotatable bonds is 5. The topological polar surface area (TPSA) is 61.4 Å². The van der Waals surface area contributed by atoms with Crippen molar-refractivity contribution in [3.63, 3.8) is 0 Å². The minimum atomic E-state index is -0.501. The molecule has 2 N–H and O–H groups in total. The summed E-state index contributed by atoms with van der Waals surface area (Å²) in [4.78, 5) is 25.1. The molecule has 0 fully saturated rings. The van der Waals surface area contributed by atoms with Crippen molar-refractivity contribution in [3.8, 4) is 0 Å². The molecule has 5 heteroatoms. The number of carbonyl (C=O) groups excluding carboxylic acids is 2. The van der Waals surface area contributed by atoms with Crippen molar-refractivity contribution in [2.75, 3.05) is 21.1 Å². The number of hydrogen-bond acceptors (Lipinski definition) is 3. The van der Waals surface area contributed by atoms with Crippen molar-refractivity contribution < 1.29 is 9.59 Å². The molecule has 0 saturated carbocycles. The zero-order valence-corrected chi connectivity index (χ0v) is 11.0. The standard InChI is InChI=1S/C11H23N3O2/c1-7(2)9(14(5)6)11(16)13-8(3)10(15)12-4/h7-9H,1-6H3,(H,12,15)(H,13,16)/t8-,9-/m0/s1. The Morgan fingerprint density at radius 1 is 1.06 bits per heavy atom. The van der Waals surface area contributed by atoms with Gasteiger partial charge < -0.3 is 10.6 Å². The molecule has 0 aliphatic rings. The van der Waals surface area contributed by atoms with Crippen LogP contribution in [0.5, 0.6) is 0 Å². The Morgan fingerprint density at radius 3 is 1.88 bits per heavy atom. The first-order valence-corrected chi connectivity index (χ1v) is 5.49. The van der Waals surface area contributed by atoms with Crippen LogP contribution in [0.2, 0.25) is 0 Å². The van der Waals surface area contributed by atoms with Crippen LogP contribution in [-0.2, 0) is 9.59 Å². The van der Waals surface area contributed by atoms with E-state index in [4.69, 9.17) is 0 Å². The van der Waals surface area contributed by atoms with Gasteiger partial charge in [0.25, 0.3) is 0 Å². The first kappa shape index (κ1) is 14.9. The van der Waals surface area contributed by atoms with Gasteiger partial charge in [0.05, 0.1) is 6.04 Å². The molecule has 0 aromatic carbocycles. The Hall–Kier alpha value is -1.10. The summed E-state index contributed by atoms with van der Waals surface area (Å²) < 4.78 is 0. The number of nitrogens with zero attached hydrogens (tertiary/aromatic N) is 1. The number of carbonyl (C=O) groups is 2. The molecule has 0 saturated heterocycles. The van der Waals surface area contributed by atoms with Crippen LogP contribution in [0.3, 0.4) is 0 Å². The largest absolute Gasteiger partial charge is 0.357 e. The Morgan fingerprint density at radius 2 is 1.56 bits per heavy atom. The minimum absolute atomic E-state index is 0.115. The fourth-order valence-corrected chi connectivity index (χ4v) is 1.71. The van der Waals surface area contributed by atoms with E-state index >= 15 is 0 Å². The first-order chi connectivity index (χ1) is 7.31. The lowest BCUT2D eigenvalue weighted by Crippen LogP contribution is -2.52. The van der Waals surface area contributed by atoms with E-state index < -0.39 is 6.04 Å². The maximum Gasteiger partial charge on any atom is 0.242 e. The van der Waals surface area contributed by atoms with E-state index in [1.54, 1.807) is 14.0 Å². The molecule has 0 aromatic rings. The maximum absolute atomic E-state index is 11.9. The van der Waals surface area contributed by atoms with Crippen LogP contribution >= 0.6 is 0 Å². The molecule has 0 aliphatic heterocycles. The second-order valence-electron chi connectivity index (χ2n) is 4.50. The van der Waals surface area contributed by atoms with E-state index in [-0.39, 0.29) is 23.8 Å². The van der Waals surface area contributed by atoms with Gasteiger partial charge in [-0.05, 0) is 26.9 Å². The molecule has 5 nitrogen and oxygen atoms in total. The van der Waals surface area contributed by atoms with Gasteiger partial charge in [0.15, 0.2) is 0 Å². The van der Waals surface area contributed by atoms with Crippen molar-refractivity contribution in [2.45, 2.75) is 32.9 Å². The summed E-state index contributed by atoms with van der Waals surface area (Å²) in [6.07, 6.45) is 0. The highest BCUT2D eigenvalue weighted by Gasteiger charge is 2.26. The molecular weight excluding hydrogens is 206 g/mol. The van der Waals surface area contributed by atoms with Crippen LogP contribution in [0, 0.1) is 5.92 Å². The molecule has 0 aliphatic carbocycles. The fourth-order valence-electron chi connectivity index (χ4n) is 1.71. The highest BCUT2D eigenvalue weighted by molar-refractivity contribution is 5.89. The van der Waals surface area contributed by atoms with Gasteiger partial charge in [0, 0.05) is 7.05 Å². The van der Waals surface area contributed by atoms with Crippen molar-refractivity contribution in [1.29, 1.82) is 0 Å². The number of amides is 2. The third-order valence-corrected chi connectivity index (χ3v) is 2.45. The molecule has 2 amide bonds. The monoisotopic (exact) mass is 229 g/mol. The van der Waals surface area contributed by atoms with Gasteiger partial charge in [0.2, 0.25) is 11.8 Å². The van der Waals surface area contributed by atoms with Gasteiger partial charge in [-0.2, -0.15) is 0 Å². The van der Waals surface area contributed by atoms with Gasteiger partial charge in [0.1, 0.15) is 6.04 Å². The lowest BCUT2D eigenvalue weighted by Gasteiger charge is -2.27. The van der Waals surface area contributed by atoms with Crippen LogP contribution < -0.4 is 10.6 Å². The van der Waals surface area contributed by atoms with Crippen molar-refractivity contribution in [3.05, 3.63) is 0 Å². The Bertz CT molecular complexity index is 244. The molecule has 16 heavy (non-hydrogen) atoms. The van der Waals surface area contributed by atoms with Crippen molar-refractivity contribution in [1.82, 2.24) is 15.5 Å². The normalized spacial score (nSPS) is 14.8. The van der Waals surface area contributed by atoms with Crippen molar-refractivity contribution in [2.24, 2.45) is 5.92 Å². The Kier molecular flexibility index (Phi) is 6.03. The predicted molar refractivity (Wildman–Crippen MR) is 64.0 cm³/mol. The molecule has 0 rings (SSSR count). The second-order valence-corrected chi connectivity index (χ2v) is 4.50. The van der Waals surface area contributed by atoms with Crippen LogP contribution in [0.4, 0.5) is 0 Å². The SMILES string of the molecule is CNC(=O)[C@H](C)NC(=O)[C@H](C(C)C)N(C)C. The van der Waals surface area contributed by atoms with Crippen LogP contribution in [0.25, 0.3) is 0 Å². The Balaban J connectivity index is 4.48. The summed E-state index contributed by atoms with van der Waals surface area (Å²) in [5.74, 6) is -0.0994. The molecule has 0 radical (unpaired) electrons. The van der Waals surface area contributed by atoms with Crippen LogP contribution in [-0.4, -0.2) is 49.9 Å². The number of hydrogen-bond donors (Lipinski definition) is 2. The molecule has 0 bridgehead atoms. The quantitative estimate of drug-likeness (QED) is 0.687. The van der Waals surface area contributed by atoms with Crippen LogP contribution in [0.1, 0.15) is 20.8 Å². The summed E-state index contributed by atoms with van der Waals surface area (Å²) in [6, 6.07) is -0.717. The maximum atomic E-state index is 11.9. The predicted octanol–water partition coefficient (Wildman–Crippen LogP) is -0.177. The van der Waals surface area contributed by atoms with E-state index in [0.29, 0.717) is 0 Å². The van der Waals surface area contributed by atoms with Crippen molar-refractivity contribution >= 4 is 11.8 Å². The average molecular weight is 229 g/mol. The van der Waals surface area contributed by atoms with Gasteiger partial charge in [-0.15, -0.1) is 0 Å². The lowest BCUT2D eigenvalue weighted by molar-refractivity contribution is -0.131. The van der Waals surface area contributed by atoms with Crippen LogP contribution in [0.15, 0.2) is 0 Å². The fraction of sp³-hybridized carbons (Fsp3) is 0.818. The summed E-state index contributed by atoms with van der Waals surface area (Å²) in [5.41, 5.74) is 0. The van der Waals surface area contributed by atoms with E-state index in [0.717, 1.165) is 0 Å². The number of nitrogens with one attached hydrogen (secondary N) is 2. The average Bonchev–Trinajstić information content (AvgIpc) is 2.14. The summed E-state index contributed by atoms with van der Waals surface area (Å²) in [6.45, 7) is 5.63. The second kappa shape index (κ2) is 6.48. The zero-order valence-electron chi connectivity index (χ0n) is 11.0. The highest BCUT2D eigenvalue weighted by Crippen LogP contribution is 2.07. The first-order valence-electron chi connectivity index (χ1n) is 5.49. The van der Waals surface area contributed by atoms with Gasteiger partial charge >= 0.3 is 0 Å². The molecule has 0 aromatic heterocycles. The van der Waals surface area contributed by atoms with E-state index in [1.165, 1.54) is 0 Å². The highest BCUT2D eigenvalue weighted by atomic mass is 16.2. The van der Waals surface area contributed by atoms with E-state index in [1.807, 2.05) is 32.8 Å². The summed E-state index contributed by atoms with van der Waals surface area (Å²) >= 11 is 0. The van der Waals surface area contributed by atoms with E-state index in [2.05, 4.69) is 10.6 Å². The molecule has 0 heterocycles. The summed E-state index contributed by atoms with van der Waals surface area (Å²) in [7, 11) is 5.26. The third kappa shape index (κ3) is 4.18. The smallest absolute Gasteiger partial charge is 0.242 e. The Labute approximate surface area is 97.6 Å². The third-order valence-electron chi connectivity index (χ3n) is 2.45. The van der Waals surface area contributed by atoms with E-state index in [9.17, 15) is 9.59 Å². The molecule has 0 unspecified atom stereocenters. The summed E-state index contributed by atoms with van der Waals surface area (Å²) in [5, 5.41) is 5.20. The lowest BCUT2D eigenvalue weighted by atomic mass is 10.0. The van der Waals surface area contributed by atoms with Gasteiger partial charge in [-0.1, -0.05) is 13.8 Å². The molecule has 2 atom stereocenters. The minimum Gasteiger partial charge on any atom is -0.357 e. The number of likely N-dealkylation sites (N-methyl/N-ethyl adjacent to an activating group) is 2. The molecular formula is C11H23N3O2.